The van der Waals surface area contributed by atoms with Gasteiger partial charge in [0.15, 0.2) is 5.16 Å². The van der Waals surface area contributed by atoms with Crippen LogP contribution in [-0.2, 0) is 12.8 Å². The van der Waals surface area contributed by atoms with Crippen molar-refractivity contribution in [3.05, 3.63) is 81.5 Å². The van der Waals surface area contributed by atoms with Gasteiger partial charge in [0.25, 0.3) is 5.56 Å². The lowest BCUT2D eigenvalue weighted by atomic mass is 10.2. The molecule has 4 nitrogen and oxygen atoms in total. The van der Waals surface area contributed by atoms with E-state index in [9.17, 15) is 9.18 Å². The van der Waals surface area contributed by atoms with E-state index >= 15 is 0 Å². The Labute approximate surface area is 155 Å². The van der Waals surface area contributed by atoms with Gasteiger partial charge < -0.3 is 4.74 Å². The van der Waals surface area contributed by atoms with Crippen molar-refractivity contribution < 1.29 is 9.13 Å². The summed E-state index contributed by atoms with van der Waals surface area (Å²) in [6.45, 7) is 3.78. The van der Waals surface area contributed by atoms with E-state index in [1.54, 1.807) is 14.0 Å². The first-order valence-corrected chi connectivity index (χ1v) is 9.12. The smallest absolute Gasteiger partial charge is 0.297 e. The van der Waals surface area contributed by atoms with Crippen LogP contribution in [0.5, 0.6) is 11.5 Å². The van der Waals surface area contributed by atoms with Gasteiger partial charge in [-0.25, -0.2) is 9.37 Å². The van der Waals surface area contributed by atoms with Crippen molar-refractivity contribution in [1.29, 1.82) is 0 Å². The molecule has 1 aromatic heterocycles. The quantitative estimate of drug-likeness (QED) is 0.485. The molecule has 26 heavy (non-hydrogen) atoms. The largest absolute Gasteiger partial charge is 0.450 e. The molecule has 0 saturated carbocycles. The van der Waals surface area contributed by atoms with Gasteiger partial charge in [-0.2, -0.15) is 0 Å². The molecule has 0 radical (unpaired) electrons. The van der Waals surface area contributed by atoms with Crippen LogP contribution in [0.3, 0.4) is 0 Å². The number of hydrogen-bond donors (Lipinski definition) is 0. The molecular formula is C20H19FN2O2S. The lowest BCUT2D eigenvalue weighted by Gasteiger charge is -2.12. The summed E-state index contributed by atoms with van der Waals surface area (Å²) in [6.07, 6.45) is 0. The minimum atomic E-state index is -0.358. The van der Waals surface area contributed by atoms with Crippen LogP contribution in [0.25, 0.3) is 0 Å². The van der Waals surface area contributed by atoms with Gasteiger partial charge in [0.1, 0.15) is 11.6 Å². The Morgan fingerprint density at radius 3 is 2.38 bits per heavy atom. The van der Waals surface area contributed by atoms with Crippen molar-refractivity contribution in [2.24, 2.45) is 7.05 Å². The van der Waals surface area contributed by atoms with Crippen molar-refractivity contribution in [1.82, 2.24) is 9.55 Å². The molecular weight excluding hydrogens is 351 g/mol. The third-order valence-electron chi connectivity index (χ3n) is 3.90. The Bertz CT molecular complexity index is 967. The van der Waals surface area contributed by atoms with Gasteiger partial charge in [-0.1, -0.05) is 41.6 Å². The van der Waals surface area contributed by atoms with Crippen LogP contribution < -0.4 is 10.3 Å². The van der Waals surface area contributed by atoms with Crippen LogP contribution in [-0.4, -0.2) is 9.55 Å². The zero-order valence-corrected chi connectivity index (χ0v) is 15.6. The van der Waals surface area contributed by atoms with Gasteiger partial charge in [-0.05, 0) is 43.7 Å². The number of hydrogen-bond acceptors (Lipinski definition) is 4. The maximum absolute atomic E-state index is 13.0. The molecule has 6 heteroatoms. The third-order valence-corrected chi connectivity index (χ3v) is 5.00. The summed E-state index contributed by atoms with van der Waals surface area (Å²) in [5.74, 6) is 0.910. The van der Waals surface area contributed by atoms with Gasteiger partial charge in [0, 0.05) is 12.8 Å². The van der Waals surface area contributed by atoms with Crippen molar-refractivity contribution in [2.75, 3.05) is 0 Å². The maximum atomic E-state index is 13.0. The predicted octanol–water partition coefficient (Wildman–Crippen LogP) is 4.62. The standard InChI is InChI=1S/C20H19FN2O2S/c1-13-4-6-15(7-5-13)12-26-20-22-14(2)18(19(24)23(20)3)25-17-10-8-16(21)9-11-17/h4-11H,12H2,1-3H3. The topological polar surface area (TPSA) is 44.1 Å². The Balaban J connectivity index is 1.82. The molecule has 134 valence electrons. The Hall–Kier alpha value is -2.60. The summed E-state index contributed by atoms with van der Waals surface area (Å²) in [6, 6.07) is 13.8. The molecule has 0 atom stereocenters. The van der Waals surface area contributed by atoms with Crippen molar-refractivity contribution >= 4 is 11.8 Å². The minimum Gasteiger partial charge on any atom is -0.450 e. The summed E-state index contributed by atoms with van der Waals surface area (Å²) >= 11 is 1.50. The zero-order valence-electron chi connectivity index (χ0n) is 14.8. The first-order chi connectivity index (χ1) is 12.4. The summed E-state index contributed by atoms with van der Waals surface area (Å²) in [5.41, 5.74) is 2.61. The van der Waals surface area contributed by atoms with E-state index in [0.29, 0.717) is 16.6 Å². The van der Waals surface area contributed by atoms with Crippen molar-refractivity contribution in [3.63, 3.8) is 0 Å². The number of ether oxygens (including phenoxy) is 1. The maximum Gasteiger partial charge on any atom is 0.297 e. The average Bonchev–Trinajstić information content (AvgIpc) is 2.63. The second-order valence-corrected chi connectivity index (χ2v) is 6.95. The lowest BCUT2D eigenvalue weighted by molar-refractivity contribution is 0.452. The van der Waals surface area contributed by atoms with Gasteiger partial charge in [0.05, 0.1) is 5.69 Å². The number of thioether (sulfide) groups is 1. The molecule has 0 aliphatic rings. The summed E-state index contributed by atoms with van der Waals surface area (Å²) in [4.78, 5) is 17.2. The van der Waals surface area contributed by atoms with Gasteiger partial charge >= 0.3 is 0 Å². The van der Waals surface area contributed by atoms with Crippen LogP contribution in [0.15, 0.2) is 58.5 Å². The molecule has 0 aliphatic carbocycles. The normalized spacial score (nSPS) is 10.8. The zero-order chi connectivity index (χ0) is 18.7. The Morgan fingerprint density at radius 1 is 1.08 bits per heavy atom. The molecule has 1 heterocycles. The fourth-order valence-electron chi connectivity index (χ4n) is 2.36. The van der Waals surface area contributed by atoms with E-state index in [-0.39, 0.29) is 17.1 Å². The van der Waals surface area contributed by atoms with E-state index < -0.39 is 0 Å². The SMILES string of the molecule is Cc1ccc(CSc2nc(C)c(Oc3ccc(F)cc3)c(=O)n2C)cc1. The van der Waals surface area contributed by atoms with Crippen molar-refractivity contribution in [3.8, 4) is 11.5 Å². The Morgan fingerprint density at radius 2 is 1.73 bits per heavy atom. The van der Waals surface area contributed by atoms with Crippen LogP contribution in [0, 0.1) is 19.7 Å². The van der Waals surface area contributed by atoms with Gasteiger partial charge in [0.2, 0.25) is 5.75 Å². The summed E-state index contributed by atoms with van der Waals surface area (Å²) in [7, 11) is 1.67. The monoisotopic (exact) mass is 370 g/mol. The number of aromatic nitrogens is 2. The highest BCUT2D eigenvalue weighted by molar-refractivity contribution is 7.98. The molecule has 0 spiro atoms. The second kappa shape index (κ2) is 7.74. The van der Waals surface area contributed by atoms with Crippen LogP contribution in [0.4, 0.5) is 4.39 Å². The molecule has 0 amide bonds. The highest BCUT2D eigenvalue weighted by Gasteiger charge is 2.14. The van der Waals surface area contributed by atoms with E-state index in [1.165, 1.54) is 51.7 Å². The molecule has 3 rings (SSSR count). The fraction of sp³-hybridized carbons (Fsp3) is 0.200. The van der Waals surface area contributed by atoms with Gasteiger partial charge in [-0.15, -0.1) is 0 Å². The molecule has 3 aromatic rings. The first-order valence-electron chi connectivity index (χ1n) is 8.13. The number of rotatable bonds is 5. The predicted molar refractivity (Wildman–Crippen MR) is 101 cm³/mol. The minimum absolute atomic E-state index is 0.152. The molecule has 0 aliphatic heterocycles. The van der Waals surface area contributed by atoms with E-state index in [2.05, 4.69) is 29.2 Å². The molecule has 0 N–H and O–H groups in total. The molecule has 0 unspecified atom stereocenters. The fourth-order valence-corrected chi connectivity index (χ4v) is 3.33. The molecule has 0 bridgehead atoms. The van der Waals surface area contributed by atoms with E-state index in [4.69, 9.17) is 4.74 Å². The average molecular weight is 370 g/mol. The van der Waals surface area contributed by atoms with E-state index in [1.807, 2.05) is 6.92 Å². The number of benzene rings is 2. The molecule has 0 fully saturated rings. The first kappa shape index (κ1) is 18.2. The van der Waals surface area contributed by atoms with Crippen LogP contribution in [0.2, 0.25) is 0 Å². The number of halogens is 1. The number of nitrogens with zero attached hydrogens (tertiary/aromatic N) is 2. The summed E-state index contributed by atoms with van der Waals surface area (Å²) in [5, 5.41) is 0.625. The highest BCUT2D eigenvalue weighted by Crippen LogP contribution is 2.25. The van der Waals surface area contributed by atoms with Crippen LogP contribution >= 0.6 is 11.8 Å². The Kier molecular flexibility index (Phi) is 5.42. The lowest BCUT2D eigenvalue weighted by Crippen LogP contribution is -2.22. The highest BCUT2D eigenvalue weighted by atomic mass is 32.2. The van der Waals surface area contributed by atoms with Gasteiger partial charge in [-0.3, -0.25) is 9.36 Å². The molecule has 0 saturated heterocycles. The van der Waals surface area contributed by atoms with Crippen LogP contribution in [0.1, 0.15) is 16.8 Å². The second-order valence-electron chi connectivity index (χ2n) is 6.00. The van der Waals surface area contributed by atoms with E-state index in [0.717, 1.165) is 5.75 Å². The third kappa shape index (κ3) is 4.14. The number of aryl methyl sites for hydroxylation is 2. The molecule has 2 aromatic carbocycles. The summed E-state index contributed by atoms with van der Waals surface area (Å²) < 4.78 is 20.1. The van der Waals surface area contributed by atoms with Crippen molar-refractivity contribution in [2.45, 2.75) is 24.8 Å².